The highest BCUT2D eigenvalue weighted by molar-refractivity contribution is 5.31. The SMILES string of the molecule is COc1ccc(C(CCN2CCN(Cc3cccc(OC)c3)CC2)C2(O)CCCCC2)cc1. The maximum absolute atomic E-state index is 11.6. The quantitative estimate of drug-likeness (QED) is 0.598. The molecule has 1 saturated carbocycles. The molecule has 0 radical (unpaired) electrons. The zero-order valence-corrected chi connectivity index (χ0v) is 20.3. The van der Waals surface area contributed by atoms with E-state index in [9.17, 15) is 5.11 Å². The molecule has 2 aromatic carbocycles. The molecule has 1 atom stereocenters. The molecule has 5 nitrogen and oxygen atoms in total. The van der Waals surface area contributed by atoms with Crippen LogP contribution in [0.25, 0.3) is 0 Å². The van der Waals surface area contributed by atoms with Gasteiger partial charge in [0.1, 0.15) is 11.5 Å². The molecule has 1 N–H and O–H groups in total. The Bertz CT molecular complexity index is 856. The lowest BCUT2D eigenvalue weighted by Gasteiger charge is -2.41. The summed E-state index contributed by atoms with van der Waals surface area (Å²) >= 11 is 0. The Morgan fingerprint density at radius 1 is 0.848 bits per heavy atom. The normalized spacial score (nSPS) is 20.3. The van der Waals surface area contributed by atoms with Gasteiger partial charge in [0.05, 0.1) is 19.8 Å². The van der Waals surface area contributed by atoms with E-state index in [0.717, 1.165) is 82.9 Å². The van der Waals surface area contributed by atoms with Gasteiger partial charge in [-0.05, 0) is 61.2 Å². The number of rotatable bonds is 9. The van der Waals surface area contributed by atoms with Crippen molar-refractivity contribution >= 4 is 0 Å². The van der Waals surface area contributed by atoms with Gasteiger partial charge < -0.3 is 19.5 Å². The fraction of sp³-hybridized carbons (Fsp3) is 0.571. The summed E-state index contributed by atoms with van der Waals surface area (Å²) in [6.45, 7) is 6.32. The van der Waals surface area contributed by atoms with Crippen LogP contribution >= 0.6 is 0 Å². The molecule has 1 heterocycles. The minimum absolute atomic E-state index is 0.179. The number of methoxy groups -OCH3 is 2. The van der Waals surface area contributed by atoms with E-state index in [1.165, 1.54) is 17.5 Å². The second kappa shape index (κ2) is 11.4. The number of ether oxygens (including phenoxy) is 2. The minimum atomic E-state index is -0.582. The van der Waals surface area contributed by atoms with Crippen molar-refractivity contribution in [2.75, 3.05) is 46.9 Å². The number of piperazine rings is 1. The molecule has 0 amide bonds. The molecular weight excluding hydrogens is 412 g/mol. The van der Waals surface area contributed by atoms with Crippen LogP contribution in [-0.2, 0) is 6.54 Å². The minimum Gasteiger partial charge on any atom is -0.497 e. The third kappa shape index (κ3) is 6.28. The van der Waals surface area contributed by atoms with Crippen molar-refractivity contribution in [2.45, 2.75) is 56.6 Å². The Kier molecular flexibility index (Phi) is 8.29. The van der Waals surface area contributed by atoms with Crippen LogP contribution in [0.15, 0.2) is 48.5 Å². The Morgan fingerprint density at radius 3 is 2.18 bits per heavy atom. The Balaban J connectivity index is 1.34. The summed E-state index contributed by atoms with van der Waals surface area (Å²) in [4.78, 5) is 5.10. The zero-order chi connectivity index (χ0) is 23.1. The van der Waals surface area contributed by atoms with Gasteiger partial charge in [-0.1, -0.05) is 43.5 Å². The highest BCUT2D eigenvalue weighted by Gasteiger charge is 2.38. The van der Waals surface area contributed by atoms with E-state index in [4.69, 9.17) is 9.47 Å². The van der Waals surface area contributed by atoms with Crippen LogP contribution in [0.3, 0.4) is 0 Å². The van der Waals surface area contributed by atoms with Crippen molar-refractivity contribution in [3.05, 3.63) is 59.7 Å². The molecule has 4 rings (SSSR count). The topological polar surface area (TPSA) is 45.2 Å². The highest BCUT2D eigenvalue weighted by Crippen LogP contribution is 2.42. The lowest BCUT2D eigenvalue weighted by Crippen LogP contribution is -2.47. The molecule has 0 aromatic heterocycles. The second-order valence-corrected chi connectivity index (χ2v) is 9.75. The Hall–Kier alpha value is -2.08. The molecule has 180 valence electrons. The number of hydrogen-bond donors (Lipinski definition) is 1. The van der Waals surface area contributed by atoms with E-state index in [1.807, 2.05) is 18.2 Å². The van der Waals surface area contributed by atoms with Gasteiger partial charge in [0.2, 0.25) is 0 Å². The molecule has 33 heavy (non-hydrogen) atoms. The standard InChI is InChI=1S/C28H40N2O3/c1-32-25-11-9-24(10-12-25)27(28(31)14-4-3-5-15-28)13-16-29-17-19-30(20-18-29)22-23-7-6-8-26(21-23)33-2/h6-12,21,27,31H,3-5,13-20,22H2,1-2H3. The smallest absolute Gasteiger partial charge is 0.119 e. The fourth-order valence-corrected chi connectivity index (χ4v) is 5.61. The first kappa shape index (κ1) is 24.1. The maximum atomic E-state index is 11.6. The van der Waals surface area contributed by atoms with Gasteiger partial charge in [-0.25, -0.2) is 0 Å². The summed E-state index contributed by atoms with van der Waals surface area (Å²) in [6.07, 6.45) is 6.33. The van der Waals surface area contributed by atoms with Crippen molar-refractivity contribution in [1.82, 2.24) is 9.80 Å². The molecule has 1 unspecified atom stereocenters. The number of aliphatic hydroxyl groups is 1. The van der Waals surface area contributed by atoms with Crippen LogP contribution in [0.1, 0.15) is 55.6 Å². The average molecular weight is 453 g/mol. The summed E-state index contributed by atoms with van der Waals surface area (Å²) in [7, 11) is 3.43. The molecule has 1 aliphatic heterocycles. The summed E-state index contributed by atoms with van der Waals surface area (Å²) in [5, 5.41) is 11.6. The molecule has 1 saturated heterocycles. The average Bonchev–Trinajstić information content (AvgIpc) is 2.86. The number of benzene rings is 2. The molecule has 1 aliphatic carbocycles. The molecule has 0 bridgehead atoms. The Labute approximate surface area is 199 Å². The molecule has 5 heteroatoms. The van der Waals surface area contributed by atoms with E-state index in [1.54, 1.807) is 14.2 Å². The number of nitrogens with zero attached hydrogens (tertiary/aromatic N) is 2. The molecule has 0 spiro atoms. The molecule has 2 fully saturated rings. The summed E-state index contributed by atoms with van der Waals surface area (Å²) in [5.41, 5.74) is 1.97. The monoisotopic (exact) mass is 452 g/mol. The fourth-order valence-electron chi connectivity index (χ4n) is 5.61. The van der Waals surface area contributed by atoms with Crippen molar-refractivity contribution in [1.29, 1.82) is 0 Å². The van der Waals surface area contributed by atoms with Gasteiger partial charge in [0, 0.05) is 38.6 Å². The number of hydrogen-bond acceptors (Lipinski definition) is 5. The first-order chi connectivity index (χ1) is 16.1. The largest absolute Gasteiger partial charge is 0.497 e. The summed E-state index contributed by atoms with van der Waals surface area (Å²) < 4.78 is 10.7. The van der Waals surface area contributed by atoms with Crippen molar-refractivity contribution in [3.63, 3.8) is 0 Å². The third-order valence-corrected chi connectivity index (χ3v) is 7.63. The Morgan fingerprint density at radius 2 is 1.52 bits per heavy atom. The summed E-state index contributed by atoms with van der Waals surface area (Å²) in [5.74, 6) is 1.98. The maximum Gasteiger partial charge on any atom is 0.119 e. The van der Waals surface area contributed by atoms with Crippen molar-refractivity contribution in [3.8, 4) is 11.5 Å². The first-order valence-electron chi connectivity index (χ1n) is 12.5. The molecule has 2 aliphatic rings. The van der Waals surface area contributed by atoms with Gasteiger partial charge in [0.15, 0.2) is 0 Å². The second-order valence-electron chi connectivity index (χ2n) is 9.75. The van der Waals surface area contributed by atoms with Gasteiger partial charge in [-0.15, -0.1) is 0 Å². The molecule has 2 aromatic rings. The van der Waals surface area contributed by atoms with Crippen molar-refractivity contribution < 1.29 is 14.6 Å². The van der Waals surface area contributed by atoms with Crippen LogP contribution < -0.4 is 9.47 Å². The summed E-state index contributed by atoms with van der Waals surface area (Å²) in [6, 6.07) is 16.8. The van der Waals surface area contributed by atoms with Crippen LogP contribution in [0.2, 0.25) is 0 Å². The predicted octanol–water partition coefficient (Wildman–Crippen LogP) is 4.69. The predicted molar refractivity (Wildman–Crippen MR) is 133 cm³/mol. The van der Waals surface area contributed by atoms with Crippen molar-refractivity contribution in [2.24, 2.45) is 0 Å². The van der Waals surface area contributed by atoms with Gasteiger partial charge in [-0.2, -0.15) is 0 Å². The van der Waals surface area contributed by atoms with Gasteiger partial charge >= 0.3 is 0 Å². The van der Waals surface area contributed by atoms with Crippen LogP contribution in [0, 0.1) is 0 Å². The highest BCUT2D eigenvalue weighted by atomic mass is 16.5. The lowest BCUT2D eigenvalue weighted by atomic mass is 9.71. The van der Waals surface area contributed by atoms with E-state index in [2.05, 4.69) is 40.1 Å². The first-order valence-corrected chi connectivity index (χ1v) is 12.5. The van der Waals surface area contributed by atoms with E-state index in [0.29, 0.717) is 0 Å². The van der Waals surface area contributed by atoms with E-state index >= 15 is 0 Å². The van der Waals surface area contributed by atoms with E-state index in [-0.39, 0.29) is 5.92 Å². The zero-order valence-electron chi connectivity index (χ0n) is 20.3. The van der Waals surface area contributed by atoms with Gasteiger partial charge in [-0.3, -0.25) is 4.90 Å². The third-order valence-electron chi connectivity index (χ3n) is 7.63. The van der Waals surface area contributed by atoms with Crippen LogP contribution in [-0.4, -0.2) is 67.5 Å². The van der Waals surface area contributed by atoms with E-state index < -0.39 is 5.60 Å². The van der Waals surface area contributed by atoms with Gasteiger partial charge in [0.25, 0.3) is 0 Å². The molecular formula is C28H40N2O3. The lowest BCUT2D eigenvalue weighted by molar-refractivity contribution is -0.0273. The van der Waals surface area contributed by atoms with Crippen LogP contribution in [0.4, 0.5) is 0 Å². The van der Waals surface area contributed by atoms with Crippen LogP contribution in [0.5, 0.6) is 11.5 Å².